The van der Waals surface area contributed by atoms with Crippen molar-refractivity contribution in [3.05, 3.63) is 41.3 Å². The quantitative estimate of drug-likeness (QED) is 0.742. The second kappa shape index (κ2) is 5.10. The number of anilines is 2. The number of phenolic OH excluding ortho intramolecular Hbond substituents is 1. The zero-order valence-electron chi connectivity index (χ0n) is 9.76. The Morgan fingerprint density at radius 2 is 2.17 bits per heavy atom. The number of halogens is 1. The van der Waals surface area contributed by atoms with Crippen molar-refractivity contribution in [2.45, 2.75) is 13.0 Å². The molecule has 0 aliphatic rings. The number of benzene rings is 1. The molecule has 0 spiro atoms. The lowest BCUT2D eigenvalue weighted by atomic mass is 10.1. The maximum absolute atomic E-state index is 9.43. The van der Waals surface area contributed by atoms with Gasteiger partial charge in [-0.1, -0.05) is 23.7 Å². The fourth-order valence-corrected chi connectivity index (χ4v) is 1.70. The molecule has 0 saturated carbocycles. The summed E-state index contributed by atoms with van der Waals surface area (Å²) >= 11 is 5.81. The minimum atomic E-state index is -0.0645. The van der Waals surface area contributed by atoms with Crippen molar-refractivity contribution >= 4 is 23.1 Å². The summed E-state index contributed by atoms with van der Waals surface area (Å²) < 4.78 is 0. The Kier molecular flexibility index (Phi) is 3.53. The summed E-state index contributed by atoms with van der Waals surface area (Å²) in [5.74, 6) is 0.695. The van der Waals surface area contributed by atoms with E-state index in [0.29, 0.717) is 11.5 Å². The largest absolute Gasteiger partial charge is 0.508 e. The SMILES string of the molecule is CC(Nc1ncnc(Cl)c1N)c1cccc(O)c1. The van der Waals surface area contributed by atoms with E-state index in [0.717, 1.165) is 5.56 Å². The van der Waals surface area contributed by atoms with Crippen LogP contribution >= 0.6 is 11.6 Å². The molecule has 4 N–H and O–H groups in total. The average Bonchev–Trinajstić information content (AvgIpc) is 2.35. The van der Waals surface area contributed by atoms with Gasteiger partial charge in [-0.3, -0.25) is 0 Å². The molecular weight excluding hydrogens is 252 g/mol. The summed E-state index contributed by atoms with van der Waals surface area (Å²) in [6, 6.07) is 6.91. The lowest BCUT2D eigenvalue weighted by molar-refractivity contribution is 0.474. The van der Waals surface area contributed by atoms with Crippen LogP contribution in [0.25, 0.3) is 0 Å². The van der Waals surface area contributed by atoms with Gasteiger partial charge in [0.1, 0.15) is 17.8 Å². The van der Waals surface area contributed by atoms with Gasteiger partial charge >= 0.3 is 0 Å². The molecule has 94 valence electrons. The minimum absolute atomic E-state index is 0.0645. The van der Waals surface area contributed by atoms with Gasteiger partial charge in [0.15, 0.2) is 11.0 Å². The molecule has 0 saturated heterocycles. The van der Waals surface area contributed by atoms with Gasteiger partial charge in [0, 0.05) is 0 Å². The number of rotatable bonds is 3. The fourth-order valence-electron chi connectivity index (χ4n) is 1.57. The summed E-state index contributed by atoms with van der Waals surface area (Å²) in [5, 5.41) is 12.8. The average molecular weight is 265 g/mol. The molecule has 5 nitrogen and oxygen atoms in total. The molecular formula is C12H13ClN4O. The van der Waals surface area contributed by atoms with Crippen LogP contribution in [-0.4, -0.2) is 15.1 Å². The van der Waals surface area contributed by atoms with Crippen molar-refractivity contribution in [3.8, 4) is 5.75 Å². The predicted octanol–water partition coefficient (Wildman–Crippen LogP) is 2.59. The van der Waals surface area contributed by atoms with Gasteiger partial charge in [0.25, 0.3) is 0 Å². The van der Waals surface area contributed by atoms with Gasteiger partial charge in [-0.15, -0.1) is 0 Å². The van der Waals surface area contributed by atoms with Gasteiger partial charge in [0.05, 0.1) is 6.04 Å². The molecule has 1 heterocycles. The van der Waals surface area contributed by atoms with Crippen LogP contribution < -0.4 is 11.1 Å². The Morgan fingerprint density at radius 3 is 2.89 bits per heavy atom. The van der Waals surface area contributed by atoms with E-state index in [1.165, 1.54) is 6.33 Å². The molecule has 6 heteroatoms. The van der Waals surface area contributed by atoms with Crippen LogP contribution in [0.2, 0.25) is 5.15 Å². The number of nitrogen functional groups attached to an aromatic ring is 1. The van der Waals surface area contributed by atoms with E-state index in [1.807, 2.05) is 13.0 Å². The van der Waals surface area contributed by atoms with E-state index in [2.05, 4.69) is 15.3 Å². The molecule has 0 aliphatic carbocycles. The second-order valence-electron chi connectivity index (χ2n) is 3.89. The highest BCUT2D eigenvalue weighted by Crippen LogP contribution is 2.27. The number of nitrogens with one attached hydrogen (secondary N) is 1. The van der Waals surface area contributed by atoms with Gasteiger partial charge in [-0.2, -0.15) is 0 Å². The number of hydrogen-bond acceptors (Lipinski definition) is 5. The Morgan fingerprint density at radius 1 is 1.39 bits per heavy atom. The van der Waals surface area contributed by atoms with E-state index >= 15 is 0 Å². The third-order valence-electron chi connectivity index (χ3n) is 2.56. The van der Waals surface area contributed by atoms with E-state index < -0.39 is 0 Å². The van der Waals surface area contributed by atoms with E-state index in [9.17, 15) is 5.11 Å². The highest BCUT2D eigenvalue weighted by molar-refractivity contribution is 6.32. The monoisotopic (exact) mass is 264 g/mol. The summed E-state index contributed by atoms with van der Waals surface area (Å²) in [7, 11) is 0. The van der Waals surface area contributed by atoms with Crippen LogP contribution in [0.15, 0.2) is 30.6 Å². The molecule has 1 atom stereocenters. The van der Waals surface area contributed by atoms with Crippen LogP contribution in [0.4, 0.5) is 11.5 Å². The highest BCUT2D eigenvalue weighted by atomic mass is 35.5. The van der Waals surface area contributed by atoms with Crippen LogP contribution in [0, 0.1) is 0 Å². The van der Waals surface area contributed by atoms with Crippen molar-refractivity contribution in [2.75, 3.05) is 11.1 Å². The summed E-state index contributed by atoms with van der Waals surface area (Å²) in [4.78, 5) is 7.82. The first-order valence-corrected chi connectivity index (χ1v) is 5.77. The van der Waals surface area contributed by atoms with Crippen molar-refractivity contribution in [2.24, 2.45) is 0 Å². The Balaban J connectivity index is 2.21. The Labute approximate surface area is 110 Å². The van der Waals surface area contributed by atoms with Crippen molar-refractivity contribution in [1.82, 2.24) is 9.97 Å². The third-order valence-corrected chi connectivity index (χ3v) is 2.86. The number of nitrogens with two attached hydrogens (primary N) is 1. The highest BCUT2D eigenvalue weighted by Gasteiger charge is 2.11. The van der Waals surface area contributed by atoms with Crippen LogP contribution in [0.3, 0.4) is 0 Å². The van der Waals surface area contributed by atoms with Crippen molar-refractivity contribution in [1.29, 1.82) is 0 Å². The third kappa shape index (κ3) is 2.62. The van der Waals surface area contributed by atoms with Crippen LogP contribution in [0.1, 0.15) is 18.5 Å². The molecule has 2 aromatic rings. The molecule has 1 unspecified atom stereocenters. The summed E-state index contributed by atoms with van der Waals surface area (Å²) in [6.45, 7) is 1.93. The standard InChI is InChI=1S/C12H13ClN4O/c1-7(8-3-2-4-9(18)5-8)17-12-10(14)11(13)15-6-16-12/h2-7,18H,14H2,1H3,(H,15,16,17). The van der Waals surface area contributed by atoms with E-state index in [4.69, 9.17) is 17.3 Å². The molecule has 0 radical (unpaired) electrons. The van der Waals surface area contributed by atoms with E-state index in [1.54, 1.807) is 18.2 Å². The molecule has 0 bridgehead atoms. The Hall–Kier alpha value is -2.01. The van der Waals surface area contributed by atoms with E-state index in [-0.39, 0.29) is 16.9 Å². The summed E-state index contributed by atoms with van der Waals surface area (Å²) in [6.07, 6.45) is 1.34. The van der Waals surface area contributed by atoms with Crippen molar-refractivity contribution in [3.63, 3.8) is 0 Å². The zero-order valence-corrected chi connectivity index (χ0v) is 10.5. The minimum Gasteiger partial charge on any atom is -0.508 e. The molecule has 2 rings (SSSR count). The first-order chi connectivity index (χ1) is 8.58. The van der Waals surface area contributed by atoms with Gasteiger partial charge in [-0.25, -0.2) is 9.97 Å². The first-order valence-electron chi connectivity index (χ1n) is 5.39. The second-order valence-corrected chi connectivity index (χ2v) is 4.25. The zero-order chi connectivity index (χ0) is 13.1. The number of aromatic hydroxyl groups is 1. The number of phenols is 1. The topological polar surface area (TPSA) is 84.1 Å². The maximum atomic E-state index is 9.43. The van der Waals surface area contributed by atoms with Crippen molar-refractivity contribution < 1.29 is 5.11 Å². The molecule has 0 fully saturated rings. The normalized spacial score (nSPS) is 12.1. The van der Waals surface area contributed by atoms with Crippen LogP contribution in [-0.2, 0) is 0 Å². The molecule has 1 aromatic carbocycles. The molecule has 18 heavy (non-hydrogen) atoms. The maximum Gasteiger partial charge on any atom is 0.157 e. The van der Waals surface area contributed by atoms with Crippen LogP contribution in [0.5, 0.6) is 5.75 Å². The Bertz CT molecular complexity index is 562. The van der Waals surface area contributed by atoms with Gasteiger partial charge < -0.3 is 16.2 Å². The molecule has 1 aromatic heterocycles. The lowest BCUT2D eigenvalue weighted by Gasteiger charge is -2.16. The molecule has 0 amide bonds. The number of aromatic nitrogens is 2. The predicted molar refractivity (Wildman–Crippen MR) is 71.6 cm³/mol. The summed E-state index contributed by atoms with van der Waals surface area (Å²) in [5.41, 5.74) is 7.00. The first kappa shape index (κ1) is 12.4. The lowest BCUT2D eigenvalue weighted by Crippen LogP contribution is -2.10. The smallest absolute Gasteiger partial charge is 0.157 e. The van der Waals surface area contributed by atoms with Gasteiger partial charge in [-0.05, 0) is 24.6 Å². The number of hydrogen-bond donors (Lipinski definition) is 3. The number of nitrogens with zero attached hydrogens (tertiary/aromatic N) is 2. The molecule has 0 aliphatic heterocycles. The van der Waals surface area contributed by atoms with Gasteiger partial charge in [0.2, 0.25) is 0 Å². The fraction of sp³-hybridized carbons (Fsp3) is 0.167.